The molecule has 0 aliphatic carbocycles. The standard InChI is InChI=1S/C20H20N4OS/c21-10-17-19(20(22)25)24-18(11-23-17)16-8-4-7-15(9-16)13-26-12-14-5-2-1-3-6-14/h1-9,11H,10,12-13,21H2,(H2,22,25). The normalized spacial score (nSPS) is 10.7. The first kappa shape index (κ1) is 18.1. The summed E-state index contributed by atoms with van der Waals surface area (Å²) in [5, 5.41) is 0. The fourth-order valence-corrected chi connectivity index (χ4v) is 3.53. The van der Waals surface area contributed by atoms with Gasteiger partial charge in [-0.2, -0.15) is 11.8 Å². The lowest BCUT2D eigenvalue weighted by molar-refractivity contribution is 0.0994. The predicted octanol–water partition coefficient (Wildman–Crippen LogP) is 3.13. The van der Waals surface area contributed by atoms with Crippen LogP contribution in [-0.4, -0.2) is 15.9 Å². The second kappa shape index (κ2) is 8.60. The minimum absolute atomic E-state index is 0.127. The van der Waals surface area contributed by atoms with Gasteiger partial charge in [0, 0.05) is 23.6 Å². The summed E-state index contributed by atoms with van der Waals surface area (Å²) in [6, 6.07) is 18.5. The van der Waals surface area contributed by atoms with Crippen molar-refractivity contribution >= 4 is 17.7 Å². The number of hydrogen-bond donors (Lipinski definition) is 2. The molecule has 5 nitrogen and oxygen atoms in total. The third-order valence-electron chi connectivity index (χ3n) is 3.88. The van der Waals surface area contributed by atoms with Gasteiger partial charge in [-0.1, -0.05) is 48.5 Å². The molecule has 0 unspecified atom stereocenters. The number of rotatable bonds is 7. The lowest BCUT2D eigenvalue weighted by Gasteiger charge is -2.08. The van der Waals surface area contributed by atoms with E-state index in [0.29, 0.717) is 11.4 Å². The highest BCUT2D eigenvalue weighted by Crippen LogP contribution is 2.23. The van der Waals surface area contributed by atoms with Crippen LogP contribution in [0.4, 0.5) is 0 Å². The number of nitrogens with two attached hydrogens (primary N) is 2. The van der Waals surface area contributed by atoms with Gasteiger partial charge in [-0.15, -0.1) is 0 Å². The van der Waals surface area contributed by atoms with Crippen molar-refractivity contribution in [1.29, 1.82) is 0 Å². The molecule has 6 heteroatoms. The quantitative estimate of drug-likeness (QED) is 0.671. The summed E-state index contributed by atoms with van der Waals surface area (Å²) in [6.45, 7) is 0.127. The molecule has 0 radical (unpaired) electrons. The van der Waals surface area contributed by atoms with Crippen molar-refractivity contribution in [2.45, 2.75) is 18.1 Å². The SMILES string of the molecule is NCc1ncc(-c2cccc(CSCc3ccccc3)c2)nc1C(N)=O. The fraction of sp³-hybridized carbons (Fsp3) is 0.150. The van der Waals surface area contributed by atoms with Gasteiger partial charge in [-0.25, -0.2) is 4.98 Å². The Balaban J connectivity index is 1.75. The summed E-state index contributed by atoms with van der Waals surface area (Å²) in [7, 11) is 0. The van der Waals surface area contributed by atoms with Gasteiger partial charge in [-0.3, -0.25) is 9.78 Å². The van der Waals surface area contributed by atoms with Crippen molar-refractivity contribution < 1.29 is 4.79 Å². The molecule has 1 amide bonds. The van der Waals surface area contributed by atoms with Gasteiger partial charge in [0.25, 0.3) is 5.91 Å². The Labute approximate surface area is 156 Å². The highest BCUT2D eigenvalue weighted by atomic mass is 32.2. The zero-order valence-corrected chi connectivity index (χ0v) is 15.1. The summed E-state index contributed by atoms with van der Waals surface area (Å²) >= 11 is 1.85. The lowest BCUT2D eigenvalue weighted by Crippen LogP contribution is -2.19. The van der Waals surface area contributed by atoms with E-state index < -0.39 is 5.91 Å². The Morgan fingerprint density at radius 3 is 2.46 bits per heavy atom. The van der Waals surface area contributed by atoms with Gasteiger partial charge in [0.1, 0.15) is 0 Å². The van der Waals surface area contributed by atoms with Crippen LogP contribution < -0.4 is 11.5 Å². The van der Waals surface area contributed by atoms with Crippen molar-refractivity contribution in [2.75, 3.05) is 0 Å². The van der Waals surface area contributed by atoms with Crippen LogP contribution in [0.2, 0.25) is 0 Å². The van der Waals surface area contributed by atoms with Gasteiger partial charge in [0.05, 0.1) is 17.6 Å². The molecule has 0 saturated carbocycles. The van der Waals surface area contributed by atoms with Crippen LogP contribution in [0.15, 0.2) is 60.8 Å². The number of thioether (sulfide) groups is 1. The second-order valence-corrected chi connectivity index (χ2v) is 6.78. The molecular weight excluding hydrogens is 344 g/mol. The van der Waals surface area contributed by atoms with Crippen LogP contribution in [0.5, 0.6) is 0 Å². The highest BCUT2D eigenvalue weighted by molar-refractivity contribution is 7.97. The summed E-state index contributed by atoms with van der Waals surface area (Å²) in [5.74, 6) is 1.23. The highest BCUT2D eigenvalue weighted by Gasteiger charge is 2.12. The van der Waals surface area contributed by atoms with Crippen molar-refractivity contribution in [3.8, 4) is 11.3 Å². The zero-order valence-electron chi connectivity index (χ0n) is 14.3. The molecule has 4 N–H and O–H groups in total. The number of aromatic nitrogens is 2. The Morgan fingerprint density at radius 1 is 1.00 bits per heavy atom. The third kappa shape index (κ3) is 4.47. The maximum absolute atomic E-state index is 11.6. The molecule has 0 aliphatic rings. The second-order valence-electron chi connectivity index (χ2n) is 5.80. The van der Waals surface area contributed by atoms with Crippen molar-refractivity contribution in [3.05, 3.63) is 83.3 Å². The molecule has 3 aromatic rings. The molecule has 0 bridgehead atoms. The first-order valence-electron chi connectivity index (χ1n) is 8.24. The summed E-state index contributed by atoms with van der Waals surface area (Å²) < 4.78 is 0. The van der Waals surface area contributed by atoms with Crippen LogP contribution in [0.25, 0.3) is 11.3 Å². The topological polar surface area (TPSA) is 94.9 Å². The molecule has 3 rings (SSSR count). The molecule has 26 heavy (non-hydrogen) atoms. The van der Waals surface area contributed by atoms with Gasteiger partial charge in [-0.05, 0) is 17.2 Å². The maximum atomic E-state index is 11.6. The third-order valence-corrected chi connectivity index (χ3v) is 4.95. The van der Waals surface area contributed by atoms with E-state index in [-0.39, 0.29) is 12.2 Å². The summed E-state index contributed by atoms with van der Waals surface area (Å²) in [6.07, 6.45) is 1.63. The number of nitrogens with zero attached hydrogens (tertiary/aromatic N) is 2. The number of carbonyl (C=O) groups is 1. The number of carbonyl (C=O) groups excluding carboxylic acids is 1. The molecule has 1 heterocycles. The van der Waals surface area contributed by atoms with Gasteiger partial charge in [0.2, 0.25) is 0 Å². The molecule has 132 valence electrons. The van der Waals surface area contributed by atoms with Crippen molar-refractivity contribution in [2.24, 2.45) is 11.5 Å². The largest absolute Gasteiger partial charge is 0.364 e. The van der Waals surface area contributed by atoms with Crippen LogP contribution in [0.1, 0.15) is 27.3 Å². The molecule has 0 fully saturated rings. The first-order chi connectivity index (χ1) is 12.7. The molecule has 2 aromatic carbocycles. The Hall–Kier alpha value is -2.70. The molecule has 0 spiro atoms. The minimum Gasteiger partial charge on any atom is -0.364 e. The fourth-order valence-electron chi connectivity index (χ4n) is 2.58. The lowest BCUT2D eigenvalue weighted by atomic mass is 10.1. The Kier molecular flexibility index (Phi) is 5.99. The number of hydrogen-bond acceptors (Lipinski definition) is 5. The van der Waals surface area contributed by atoms with Gasteiger partial charge >= 0.3 is 0 Å². The van der Waals surface area contributed by atoms with Gasteiger partial charge in [0.15, 0.2) is 5.69 Å². The molecular formula is C20H20N4OS. The van der Waals surface area contributed by atoms with Crippen molar-refractivity contribution in [3.63, 3.8) is 0 Å². The van der Waals surface area contributed by atoms with E-state index in [1.807, 2.05) is 30.0 Å². The smallest absolute Gasteiger partial charge is 0.269 e. The first-order valence-corrected chi connectivity index (χ1v) is 9.39. The Morgan fingerprint density at radius 2 is 1.73 bits per heavy atom. The minimum atomic E-state index is -0.616. The zero-order chi connectivity index (χ0) is 18.4. The van der Waals surface area contributed by atoms with E-state index in [4.69, 9.17) is 11.5 Å². The van der Waals surface area contributed by atoms with Gasteiger partial charge < -0.3 is 11.5 Å². The number of amides is 1. The summed E-state index contributed by atoms with van der Waals surface area (Å²) in [4.78, 5) is 20.2. The van der Waals surface area contributed by atoms with E-state index >= 15 is 0 Å². The number of primary amides is 1. The predicted molar refractivity (Wildman–Crippen MR) is 105 cm³/mol. The molecule has 0 atom stereocenters. The van der Waals surface area contributed by atoms with Crippen LogP contribution in [-0.2, 0) is 18.1 Å². The van der Waals surface area contributed by atoms with Crippen LogP contribution in [0, 0.1) is 0 Å². The monoisotopic (exact) mass is 364 g/mol. The average molecular weight is 364 g/mol. The van der Waals surface area contributed by atoms with E-state index in [1.54, 1.807) is 6.20 Å². The van der Waals surface area contributed by atoms with Crippen LogP contribution in [0.3, 0.4) is 0 Å². The van der Waals surface area contributed by atoms with E-state index in [9.17, 15) is 4.79 Å². The Bertz CT molecular complexity index is 899. The maximum Gasteiger partial charge on any atom is 0.269 e. The summed E-state index contributed by atoms with van der Waals surface area (Å²) in [5.41, 5.74) is 15.5. The number of benzene rings is 2. The van der Waals surface area contributed by atoms with E-state index in [2.05, 4.69) is 46.4 Å². The average Bonchev–Trinajstić information content (AvgIpc) is 2.68. The molecule has 0 aliphatic heterocycles. The van der Waals surface area contributed by atoms with Crippen LogP contribution >= 0.6 is 11.8 Å². The van der Waals surface area contributed by atoms with E-state index in [0.717, 1.165) is 17.1 Å². The van der Waals surface area contributed by atoms with E-state index in [1.165, 1.54) is 11.1 Å². The molecule has 0 saturated heterocycles. The molecule has 1 aromatic heterocycles. The van der Waals surface area contributed by atoms with Crippen molar-refractivity contribution in [1.82, 2.24) is 9.97 Å².